The molecule has 2 amide bonds. The number of amides is 2. The SMILES string of the molecule is CSCCC(NC(=O)c1ccccc1Cl)C(=O)OCC(=O)c1ccc2c(c1)CCC(=O)N2. The van der Waals surface area contributed by atoms with Crippen LogP contribution in [0.3, 0.4) is 0 Å². The Bertz CT molecular complexity index is 1040. The molecule has 32 heavy (non-hydrogen) atoms. The predicted octanol–water partition coefficient (Wildman–Crippen LogP) is 3.50. The fraction of sp³-hybridized carbons (Fsp3) is 0.304. The first-order valence-electron chi connectivity index (χ1n) is 10.1. The van der Waals surface area contributed by atoms with Gasteiger partial charge in [-0.15, -0.1) is 0 Å². The normalized spacial score (nSPS) is 13.5. The Morgan fingerprint density at radius 2 is 1.97 bits per heavy atom. The number of hydrogen-bond acceptors (Lipinski definition) is 6. The van der Waals surface area contributed by atoms with Crippen molar-refractivity contribution in [2.45, 2.75) is 25.3 Å². The van der Waals surface area contributed by atoms with E-state index in [1.807, 2.05) is 6.26 Å². The molecule has 0 radical (unpaired) electrons. The second-order valence-corrected chi connectivity index (χ2v) is 8.63. The van der Waals surface area contributed by atoms with Crippen LogP contribution in [-0.4, -0.2) is 48.2 Å². The van der Waals surface area contributed by atoms with Crippen molar-refractivity contribution in [3.63, 3.8) is 0 Å². The summed E-state index contributed by atoms with van der Waals surface area (Å²) in [4.78, 5) is 49.2. The van der Waals surface area contributed by atoms with Crippen molar-refractivity contribution in [1.82, 2.24) is 5.32 Å². The molecule has 1 unspecified atom stereocenters. The molecule has 0 bridgehead atoms. The number of Topliss-reactive ketones (excluding diaryl/α,β-unsaturated/α-hetero) is 1. The largest absolute Gasteiger partial charge is 0.456 e. The first-order valence-corrected chi connectivity index (χ1v) is 11.8. The van der Waals surface area contributed by atoms with Crippen molar-refractivity contribution in [3.8, 4) is 0 Å². The summed E-state index contributed by atoms with van der Waals surface area (Å²) in [6.45, 7) is -0.443. The van der Waals surface area contributed by atoms with E-state index in [2.05, 4.69) is 10.6 Å². The van der Waals surface area contributed by atoms with Crippen molar-refractivity contribution in [2.75, 3.05) is 23.9 Å². The summed E-state index contributed by atoms with van der Waals surface area (Å²) >= 11 is 7.59. The predicted molar refractivity (Wildman–Crippen MR) is 124 cm³/mol. The average molecular weight is 475 g/mol. The summed E-state index contributed by atoms with van der Waals surface area (Å²) in [7, 11) is 0. The fourth-order valence-corrected chi connectivity index (χ4v) is 3.94. The maximum Gasteiger partial charge on any atom is 0.329 e. The van der Waals surface area contributed by atoms with E-state index in [4.69, 9.17) is 16.3 Å². The van der Waals surface area contributed by atoms with Gasteiger partial charge in [0.15, 0.2) is 12.4 Å². The molecule has 2 aromatic carbocycles. The van der Waals surface area contributed by atoms with E-state index in [-0.39, 0.29) is 22.3 Å². The van der Waals surface area contributed by atoms with Crippen molar-refractivity contribution in [3.05, 3.63) is 64.2 Å². The lowest BCUT2D eigenvalue weighted by molar-refractivity contribution is -0.144. The molecule has 0 fully saturated rings. The number of thioether (sulfide) groups is 1. The third-order valence-corrected chi connectivity index (χ3v) is 5.96. The molecule has 1 atom stereocenters. The fourth-order valence-electron chi connectivity index (χ4n) is 3.24. The minimum atomic E-state index is -0.905. The van der Waals surface area contributed by atoms with Gasteiger partial charge in [-0.05, 0) is 60.7 Å². The summed E-state index contributed by atoms with van der Waals surface area (Å²) in [5, 5.41) is 5.69. The van der Waals surface area contributed by atoms with Crippen LogP contribution in [0.25, 0.3) is 0 Å². The lowest BCUT2D eigenvalue weighted by atomic mass is 9.99. The van der Waals surface area contributed by atoms with Gasteiger partial charge < -0.3 is 15.4 Å². The number of anilines is 1. The molecular formula is C23H23ClN2O5S. The third-order valence-electron chi connectivity index (χ3n) is 4.99. The number of halogens is 1. The highest BCUT2D eigenvalue weighted by atomic mass is 35.5. The van der Waals surface area contributed by atoms with Crippen LogP contribution in [0.2, 0.25) is 5.02 Å². The van der Waals surface area contributed by atoms with Gasteiger partial charge in [0, 0.05) is 17.7 Å². The minimum Gasteiger partial charge on any atom is -0.456 e. The van der Waals surface area contributed by atoms with Crippen molar-refractivity contribution in [1.29, 1.82) is 0 Å². The van der Waals surface area contributed by atoms with Crippen LogP contribution < -0.4 is 10.6 Å². The Hall–Kier alpha value is -2.84. The highest BCUT2D eigenvalue weighted by molar-refractivity contribution is 7.98. The van der Waals surface area contributed by atoms with Crippen LogP contribution in [0.4, 0.5) is 5.69 Å². The number of fused-ring (bicyclic) bond motifs is 1. The molecule has 168 valence electrons. The number of ketones is 1. The van der Waals surface area contributed by atoms with Crippen LogP contribution in [0.15, 0.2) is 42.5 Å². The first-order chi connectivity index (χ1) is 15.4. The van der Waals surface area contributed by atoms with Crippen LogP contribution >= 0.6 is 23.4 Å². The number of hydrogen-bond donors (Lipinski definition) is 2. The van der Waals surface area contributed by atoms with Gasteiger partial charge in [-0.1, -0.05) is 23.7 Å². The zero-order valence-electron chi connectivity index (χ0n) is 17.5. The summed E-state index contributed by atoms with van der Waals surface area (Å²) < 4.78 is 5.23. The van der Waals surface area contributed by atoms with Crippen molar-refractivity contribution >= 4 is 52.6 Å². The summed E-state index contributed by atoms with van der Waals surface area (Å²) in [6.07, 6.45) is 3.15. The van der Waals surface area contributed by atoms with Crippen LogP contribution in [0.5, 0.6) is 0 Å². The number of esters is 1. The third kappa shape index (κ3) is 6.11. The molecule has 0 saturated carbocycles. The Morgan fingerprint density at radius 1 is 1.19 bits per heavy atom. The zero-order valence-corrected chi connectivity index (χ0v) is 19.1. The smallest absolute Gasteiger partial charge is 0.329 e. The lowest BCUT2D eigenvalue weighted by Gasteiger charge is -2.18. The number of aryl methyl sites for hydroxylation is 1. The van der Waals surface area contributed by atoms with E-state index in [0.29, 0.717) is 36.3 Å². The van der Waals surface area contributed by atoms with E-state index in [0.717, 1.165) is 5.56 Å². The van der Waals surface area contributed by atoms with Gasteiger partial charge in [0.1, 0.15) is 6.04 Å². The zero-order chi connectivity index (χ0) is 23.1. The second kappa shape index (κ2) is 11.2. The summed E-state index contributed by atoms with van der Waals surface area (Å²) in [5.74, 6) is -0.966. The molecule has 3 rings (SSSR count). The topological polar surface area (TPSA) is 102 Å². The molecular weight excluding hydrogens is 452 g/mol. The van der Waals surface area contributed by atoms with Crippen LogP contribution in [0, 0.1) is 0 Å². The number of carbonyl (C=O) groups is 4. The molecule has 1 aliphatic heterocycles. The van der Waals surface area contributed by atoms with Gasteiger partial charge in [0.05, 0.1) is 10.6 Å². The monoisotopic (exact) mass is 474 g/mol. The molecule has 1 heterocycles. The minimum absolute atomic E-state index is 0.0550. The van der Waals surface area contributed by atoms with Gasteiger partial charge in [-0.2, -0.15) is 11.8 Å². The number of benzene rings is 2. The molecule has 2 aromatic rings. The molecule has 1 aliphatic rings. The maximum absolute atomic E-state index is 12.6. The summed E-state index contributed by atoms with van der Waals surface area (Å²) in [6, 6.07) is 10.6. The Kier molecular flexibility index (Phi) is 8.30. The summed E-state index contributed by atoms with van der Waals surface area (Å²) in [5.41, 5.74) is 2.21. The second-order valence-electron chi connectivity index (χ2n) is 7.24. The molecule has 0 saturated heterocycles. The van der Waals surface area contributed by atoms with Gasteiger partial charge >= 0.3 is 5.97 Å². The lowest BCUT2D eigenvalue weighted by Crippen LogP contribution is -2.42. The van der Waals surface area contributed by atoms with Gasteiger partial charge in [0.25, 0.3) is 5.91 Å². The van der Waals surface area contributed by atoms with E-state index in [9.17, 15) is 19.2 Å². The van der Waals surface area contributed by atoms with Gasteiger partial charge in [0.2, 0.25) is 5.91 Å². The Morgan fingerprint density at radius 3 is 2.72 bits per heavy atom. The van der Waals surface area contributed by atoms with E-state index in [1.54, 1.807) is 42.5 Å². The van der Waals surface area contributed by atoms with Gasteiger partial charge in [-0.25, -0.2) is 4.79 Å². The van der Waals surface area contributed by atoms with Gasteiger partial charge in [-0.3, -0.25) is 14.4 Å². The maximum atomic E-state index is 12.6. The number of ether oxygens (including phenoxy) is 1. The Labute approximate surface area is 195 Å². The number of rotatable bonds is 9. The van der Waals surface area contributed by atoms with E-state index >= 15 is 0 Å². The molecule has 0 aromatic heterocycles. The molecule has 2 N–H and O–H groups in total. The number of nitrogens with one attached hydrogen (secondary N) is 2. The molecule has 7 nitrogen and oxygen atoms in total. The highest BCUT2D eigenvalue weighted by Crippen LogP contribution is 2.24. The molecule has 0 spiro atoms. The van der Waals surface area contributed by atoms with E-state index < -0.39 is 24.5 Å². The van der Waals surface area contributed by atoms with Crippen molar-refractivity contribution < 1.29 is 23.9 Å². The Balaban J connectivity index is 1.62. The van der Waals surface area contributed by atoms with Crippen molar-refractivity contribution in [2.24, 2.45) is 0 Å². The van der Waals surface area contributed by atoms with E-state index in [1.165, 1.54) is 11.8 Å². The standard InChI is InChI=1S/C23H23ClN2O5S/c1-32-11-10-19(26-22(29)16-4-2-3-5-17(16)24)23(30)31-13-20(27)15-6-8-18-14(12-15)7-9-21(28)25-18/h2-6,8,12,19H,7,9-11,13H2,1H3,(H,25,28)(H,26,29). The van der Waals surface area contributed by atoms with Crippen LogP contribution in [-0.2, 0) is 20.7 Å². The highest BCUT2D eigenvalue weighted by Gasteiger charge is 2.25. The number of carbonyl (C=O) groups excluding carboxylic acids is 4. The molecule has 0 aliphatic carbocycles. The quantitative estimate of drug-likeness (QED) is 0.426. The van der Waals surface area contributed by atoms with Crippen LogP contribution in [0.1, 0.15) is 39.1 Å². The molecule has 9 heteroatoms. The average Bonchev–Trinajstić information content (AvgIpc) is 2.79. The first kappa shape index (κ1) is 23.8.